The number of carbonyl (C=O) groups excluding carboxylic acids is 2. The van der Waals surface area contributed by atoms with Crippen molar-refractivity contribution in [1.29, 1.82) is 0 Å². The van der Waals surface area contributed by atoms with Crippen LogP contribution in [-0.4, -0.2) is 28.0 Å². The molecule has 2 aromatic carbocycles. The van der Waals surface area contributed by atoms with E-state index in [1.165, 1.54) is 12.1 Å². The van der Waals surface area contributed by atoms with Crippen molar-refractivity contribution in [3.8, 4) is 11.4 Å². The number of carbonyl (C=O) groups is 2. The summed E-state index contributed by atoms with van der Waals surface area (Å²) in [6.07, 6.45) is 2.51. The maximum absolute atomic E-state index is 13.0. The Labute approximate surface area is 166 Å². The summed E-state index contributed by atoms with van der Waals surface area (Å²) in [4.78, 5) is 28.3. The molecular weight excluding hydrogens is 375 g/mol. The predicted molar refractivity (Wildman–Crippen MR) is 104 cm³/mol. The fourth-order valence-corrected chi connectivity index (χ4v) is 2.72. The number of nitrogens with zero attached hydrogens (tertiary/aromatic N) is 2. The molecule has 4 rings (SSSR count). The lowest BCUT2D eigenvalue weighted by Gasteiger charge is -2.06. The average Bonchev–Trinajstić information content (AvgIpc) is 3.41. The average molecular weight is 394 g/mol. The Morgan fingerprint density at radius 1 is 1.07 bits per heavy atom. The van der Waals surface area contributed by atoms with E-state index in [4.69, 9.17) is 4.52 Å². The van der Waals surface area contributed by atoms with Gasteiger partial charge in [-0.05, 0) is 61.4 Å². The molecule has 0 aliphatic heterocycles. The van der Waals surface area contributed by atoms with Crippen molar-refractivity contribution >= 4 is 17.5 Å². The summed E-state index contributed by atoms with van der Waals surface area (Å²) in [6, 6.07) is 12.8. The number of anilines is 1. The van der Waals surface area contributed by atoms with E-state index in [2.05, 4.69) is 20.8 Å². The topological polar surface area (TPSA) is 97.1 Å². The van der Waals surface area contributed by atoms with Crippen molar-refractivity contribution in [2.24, 2.45) is 0 Å². The number of nitrogens with one attached hydrogen (secondary N) is 2. The van der Waals surface area contributed by atoms with E-state index in [0.717, 1.165) is 12.8 Å². The van der Waals surface area contributed by atoms with Crippen LogP contribution in [0.2, 0.25) is 0 Å². The molecular formula is C21H19FN4O3. The summed E-state index contributed by atoms with van der Waals surface area (Å²) in [5.41, 5.74) is 1.81. The van der Waals surface area contributed by atoms with Crippen LogP contribution in [0.1, 0.15) is 35.5 Å². The lowest BCUT2D eigenvalue weighted by atomic mass is 10.2. The van der Waals surface area contributed by atoms with Crippen LogP contribution in [0.4, 0.5) is 10.1 Å². The molecule has 7 nitrogen and oxygen atoms in total. The number of rotatable bonds is 7. The van der Waals surface area contributed by atoms with Crippen molar-refractivity contribution in [2.75, 3.05) is 5.32 Å². The van der Waals surface area contributed by atoms with Crippen LogP contribution in [-0.2, 0) is 11.2 Å². The molecule has 0 atom stereocenters. The van der Waals surface area contributed by atoms with Crippen LogP contribution in [0, 0.1) is 5.82 Å². The number of benzene rings is 2. The Kier molecular flexibility index (Phi) is 5.33. The molecule has 0 saturated heterocycles. The minimum atomic E-state index is -0.342. The van der Waals surface area contributed by atoms with Gasteiger partial charge in [-0.15, -0.1) is 0 Å². The highest BCUT2D eigenvalue weighted by Crippen LogP contribution is 2.20. The third-order valence-electron chi connectivity index (χ3n) is 4.48. The number of hydrogen-bond acceptors (Lipinski definition) is 5. The second kappa shape index (κ2) is 8.22. The first-order chi connectivity index (χ1) is 14.1. The maximum Gasteiger partial charge on any atom is 0.251 e. The monoisotopic (exact) mass is 394 g/mol. The molecule has 1 saturated carbocycles. The second-order valence-electron chi connectivity index (χ2n) is 6.89. The molecule has 1 aliphatic rings. The SMILES string of the molecule is O=C(CCc1nc(-c2ccc(F)cc2)no1)Nc1ccc(C(=O)NC2CC2)cc1. The fraction of sp³-hybridized carbons (Fsp3) is 0.238. The van der Waals surface area contributed by atoms with Crippen molar-refractivity contribution < 1.29 is 18.5 Å². The minimum Gasteiger partial charge on any atom is -0.349 e. The van der Waals surface area contributed by atoms with Gasteiger partial charge in [-0.2, -0.15) is 4.98 Å². The lowest BCUT2D eigenvalue weighted by Crippen LogP contribution is -2.25. The molecule has 8 heteroatoms. The maximum atomic E-state index is 13.0. The highest BCUT2D eigenvalue weighted by Gasteiger charge is 2.23. The van der Waals surface area contributed by atoms with Gasteiger partial charge in [-0.25, -0.2) is 4.39 Å². The molecule has 1 aliphatic carbocycles. The quantitative estimate of drug-likeness (QED) is 0.641. The molecule has 1 fully saturated rings. The van der Waals surface area contributed by atoms with E-state index in [0.29, 0.717) is 34.6 Å². The van der Waals surface area contributed by atoms with E-state index in [1.807, 2.05) is 0 Å². The summed E-state index contributed by atoms with van der Waals surface area (Å²) in [5.74, 6) is 0.0261. The zero-order valence-corrected chi connectivity index (χ0v) is 15.5. The van der Waals surface area contributed by atoms with E-state index in [9.17, 15) is 14.0 Å². The Hall–Kier alpha value is -3.55. The number of halogens is 1. The predicted octanol–water partition coefficient (Wildman–Crippen LogP) is 3.34. The third-order valence-corrected chi connectivity index (χ3v) is 4.48. The lowest BCUT2D eigenvalue weighted by molar-refractivity contribution is -0.116. The fourth-order valence-electron chi connectivity index (χ4n) is 2.72. The number of aromatic nitrogens is 2. The van der Waals surface area contributed by atoms with Gasteiger partial charge < -0.3 is 15.2 Å². The molecule has 0 bridgehead atoms. The Bertz CT molecular complexity index is 1010. The highest BCUT2D eigenvalue weighted by atomic mass is 19.1. The zero-order chi connectivity index (χ0) is 20.2. The summed E-state index contributed by atoms with van der Waals surface area (Å²) >= 11 is 0. The molecule has 3 aromatic rings. The molecule has 148 valence electrons. The largest absolute Gasteiger partial charge is 0.349 e. The third kappa shape index (κ3) is 5.04. The molecule has 0 spiro atoms. The van der Waals surface area contributed by atoms with Gasteiger partial charge in [-0.1, -0.05) is 5.16 Å². The molecule has 29 heavy (non-hydrogen) atoms. The second-order valence-corrected chi connectivity index (χ2v) is 6.89. The first-order valence-electron chi connectivity index (χ1n) is 9.36. The van der Waals surface area contributed by atoms with Crippen LogP contribution < -0.4 is 10.6 Å². The standard InChI is InChI=1S/C21H19FN4O3/c22-15-5-1-13(2-6-15)20-25-19(29-26-20)12-11-18(27)23-16-7-3-14(4-8-16)21(28)24-17-9-10-17/h1-8,17H,9-12H2,(H,23,27)(H,24,28). The molecule has 1 heterocycles. The van der Waals surface area contributed by atoms with Crippen molar-refractivity contribution in [1.82, 2.24) is 15.5 Å². The summed E-state index contributed by atoms with van der Waals surface area (Å²) < 4.78 is 18.1. The van der Waals surface area contributed by atoms with E-state index >= 15 is 0 Å². The summed E-state index contributed by atoms with van der Waals surface area (Å²) in [7, 11) is 0. The van der Waals surface area contributed by atoms with E-state index in [1.54, 1.807) is 36.4 Å². The minimum absolute atomic E-state index is 0.0984. The van der Waals surface area contributed by atoms with Crippen molar-refractivity contribution in [2.45, 2.75) is 31.7 Å². The molecule has 2 N–H and O–H groups in total. The van der Waals surface area contributed by atoms with Crippen LogP contribution in [0.3, 0.4) is 0 Å². The molecule has 0 unspecified atom stereocenters. The van der Waals surface area contributed by atoms with Gasteiger partial charge >= 0.3 is 0 Å². The Morgan fingerprint density at radius 2 is 1.79 bits per heavy atom. The van der Waals surface area contributed by atoms with E-state index < -0.39 is 0 Å². The van der Waals surface area contributed by atoms with Gasteiger partial charge in [0.15, 0.2) is 0 Å². The molecule has 0 radical (unpaired) electrons. The Morgan fingerprint density at radius 3 is 2.48 bits per heavy atom. The Balaban J connectivity index is 1.27. The van der Waals surface area contributed by atoms with Gasteiger partial charge in [0.25, 0.3) is 5.91 Å². The van der Waals surface area contributed by atoms with Crippen molar-refractivity contribution in [3.63, 3.8) is 0 Å². The number of aryl methyl sites for hydroxylation is 1. The zero-order valence-electron chi connectivity index (χ0n) is 15.5. The van der Waals surface area contributed by atoms with Gasteiger partial charge in [0.05, 0.1) is 0 Å². The van der Waals surface area contributed by atoms with Crippen LogP contribution in [0.5, 0.6) is 0 Å². The van der Waals surface area contributed by atoms with Gasteiger partial charge in [0.1, 0.15) is 5.82 Å². The van der Waals surface area contributed by atoms with Gasteiger partial charge in [0.2, 0.25) is 17.6 Å². The van der Waals surface area contributed by atoms with Gasteiger partial charge in [-0.3, -0.25) is 9.59 Å². The van der Waals surface area contributed by atoms with Crippen LogP contribution >= 0.6 is 0 Å². The highest BCUT2D eigenvalue weighted by molar-refractivity contribution is 5.96. The van der Waals surface area contributed by atoms with Crippen molar-refractivity contribution in [3.05, 3.63) is 65.8 Å². The summed E-state index contributed by atoms with van der Waals surface area (Å²) in [5, 5.41) is 9.54. The normalized spacial score (nSPS) is 13.1. The van der Waals surface area contributed by atoms with Gasteiger partial charge in [0, 0.05) is 35.7 Å². The number of hydrogen-bond donors (Lipinski definition) is 2. The first-order valence-corrected chi connectivity index (χ1v) is 9.36. The molecule has 2 amide bonds. The first kappa shape index (κ1) is 18.8. The van der Waals surface area contributed by atoms with E-state index in [-0.39, 0.29) is 30.5 Å². The summed E-state index contributed by atoms with van der Waals surface area (Å²) in [6.45, 7) is 0. The van der Waals surface area contributed by atoms with Crippen LogP contribution in [0.15, 0.2) is 53.1 Å². The van der Waals surface area contributed by atoms with Crippen LogP contribution in [0.25, 0.3) is 11.4 Å². The molecule has 1 aromatic heterocycles. The number of amides is 2. The smallest absolute Gasteiger partial charge is 0.251 e.